The molecule has 0 aliphatic heterocycles. The second-order valence-corrected chi connectivity index (χ2v) is 6.86. The standard InChI is InChI=1S/C24H21N3O2/c1-25-23(28)13-16-4-2-7-21(12-16)27-24(29)20-6-3-5-18(14-20)19-9-8-17-10-11-26-22(17)15-19/h2-12,14-15,26H,13H2,1H3,(H,25,28)(H,27,29). The Hall–Kier alpha value is -3.86. The number of aromatic nitrogens is 1. The van der Waals surface area contributed by atoms with Gasteiger partial charge in [-0.05, 0) is 58.5 Å². The molecule has 4 rings (SSSR count). The van der Waals surface area contributed by atoms with E-state index < -0.39 is 0 Å². The summed E-state index contributed by atoms with van der Waals surface area (Å²) in [6.07, 6.45) is 2.19. The van der Waals surface area contributed by atoms with E-state index in [0.717, 1.165) is 27.6 Å². The maximum atomic E-state index is 12.8. The van der Waals surface area contributed by atoms with Crippen molar-refractivity contribution in [1.29, 1.82) is 0 Å². The van der Waals surface area contributed by atoms with E-state index in [0.29, 0.717) is 11.3 Å². The van der Waals surface area contributed by atoms with Crippen molar-refractivity contribution in [1.82, 2.24) is 10.3 Å². The van der Waals surface area contributed by atoms with Crippen LogP contribution in [0.25, 0.3) is 22.0 Å². The topological polar surface area (TPSA) is 74.0 Å². The van der Waals surface area contributed by atoms with Crippen LogP contribution in [-0.2, 0) is 11.2 Å². The number of hydrogen-bond acceptors (Lipinski definition) is 2. The number of aromatic amines is 1. The summed E-state index contributed by atoms with van der Waals surface area (Å²) in [5, 5.41) is 6.67. The summed E-state index contributed by atoms with van der Waals surface area (Å²) in [6, 6.07) is 23.1. The average Bonchev–Trinajstić information content (AvgIpc) is 3.22. The van der Waals surface area contributed by atoms with Gasteiger partial charge in [0.2, 0.25) is 5.91 Å². The van der Waals surface area contributed by atoms with Crippen LogP contribution >= 0.6 is 0 Å². The molecule has 0 unspecified atom stereocenters. The number of rotatable bonds is 5. The number of carbonyl (C=O) groups excluding carboxylic acids is 2. The second-order valence-electron chi connectivity index (χ2n) is 6.86. The normalized spacial score (nSPS) is 10.7. The van der Waals surface area contributed by atoms with Gasteiger partial charge in [0.15, 0.2) is 0 Å². The zero-order chi connectivity index (χ0) is 20.2. The number of carbonyl (C=O) groups is 2. The lowest BCUT2D eigenvalue weighted by molar-refractivity contribution is -0.119. The number of benzene rings is 3. The summed E-state index contributed by atoms with van der Waals surface area (Å²) in [5.41, 5.74) is 5.16. The van der Waals surface area contributed by atoms with Gasteiger partial charge in [0, 0.05) is 30.0 Å². The minimum absolute atomic E-state index is 0.0692. The first kappa shape index (κ1) is 18.5. The number of amides is 2. The molecule has 0 spiro atoms. The van der Waals surface area contributed by atoms with Crippen LogP contribution in [0, 0.1) is 0 Å². The van der Waals surface area contributed by atoms with Crippen LogP contribution in [0.2, 0.25) is 0 Å². The molecule has 0 radical (unpaired) electrons. The lowest BCUT2D eigenvalue weighted by atomic mass is 10.0. The van der Waals surface area contributed by atoms with Gasteiger partial charge < -0.3 is 15.6 Å². The van der Waals surface area contributed by atoms with E-state index >= 15 is 0 Å². The molecule has 0 saturated carbocycles. The summed E-state index contributed by atoms with van der Waals surface area (Å²) in [5.74, 6) is -0.259. The number of anilines is 1. The molecule has 0 bridgehead atoms. The highest BCUT2D eigenvalue weighted by molar-refractivity contribution is 6.05. The van der Waals surface area contributed by atoms with Crippen LogP contribution in [0.4, 0.5) is 5.69 Å². The Morgan fingerprint density at radius 2 is 1.72 bits per heavy atom. The fourth-order valence-electron chi connectivity index (χ4n) is 3.30. The van der Waals surface area contributed by atoms with Crippen molar-refractivity contribution in [2.75, 3.05) is 12.4 Å². The van der Waals surface area contributed by atoms with Gasteiger partial charge in [0.25, 0.3) is 5.91 Å². The number of hydrogen-bond donors (Lipinski definition) is 3. The Balaban J connectivity index is 1.54. The maximum Gasteiger partial charge on any atom is 0.255 e. The maximum absolute atomic E-state index is 12.8. The minimum atomic E-state index is -0.190. The van der Waals surface area contributed by atoms with Crippen LogP contribution in [-0.4, -0.2) is 23.8 Å². The summed E-state index contributed by atoms with van der Waals surface area (Å²) in [7, 11) is 1.61. The third kappa shape index (κ3) is 4.19. The monoisotopic (exact) mass is 383 g/mol. The predicted molar refractivity (Wildman–Crippen MR) is 116 cm³/mol. The van der Waals surface area contributed by atoms with Crippen molar-refractivity contribution in [3.05, 3.63) is 90.1 Å². The molecule has 0 saturated heterocycles. The van der Waals surface area contributed by atoms with Crippen LogP contribution in [0.15, 0.2) is 79.0 Å². The highest BCUT2D eigenvalue weighted by Crippen LogP contribution is 2.25. The van der Waals surface area contributed by atoms with Gasteiger partial charge in [-0.15, -0.1) is 0 Å². The highest BCUT2D eigenvalue weighted by Gasteiger charge is 2.09. The van der Waals surface area contributed by atoms with E-state index in [1.54, 1.807) is 13.1 Å². The molecule has 0 fully saturated rings. The summed E-state index contributed by atoms with van der Waals surface area (Å²) in [6.45, 7) is 0. The molecule has 0 aliphatic carbocycles. The number of H-pyrrole nitrogens is 1. The Morgan fingerprint density at radius 3 is 2.59 bits per heavy atom. The molecule has 0 atom stereocenters. The van der Waals surface area contributed by atoms with Gasteiger partial charge in [0.05, 0.1) is 6.42 Å². The van der Waals surface area contributed by atoms with Crippen molar-refractivity contribution in [3.8, 4) is 11.1 Å². The van der Waals surface area contributed by atoms with Crippen molar-refractivity contribution in [2.45, 2.75) is 6.42 Å². The van der Waals surface area contributed by atoms with Gasteiger partial charge in [-0.1, -0.05) is 36.4 Å². The summed E-state index contributed by atoms with van der Waals surface area (Å²) < 4.78 is 0. The average molecular weight is 383 g/mol. The highest BCUT2D eigenvalue weighted by atomic mass is 16.2. The van der Waals surface area contributed by atoms with Gasteiger partial charge in [0.1, 0.15) is 0 Å². The zero-order valence-electron chi connectivity index (χ0n) is 16.0. The molecule has 1 heterocycles. The molecule has 5 nitrogen and oxygen atoms in total. The molecular weight excluding hydrogens is 362 g/mol. The molecule has 1 aromatic heterocycles. The minimum Gasteiger partial charge on any atom is -0.361 e. The largest absolute Gasteiger partial charge is 0.361 e. The van der Waals surface area contributed by atoms with E-state index in [9.17, 15) is 9.59 Å². The van der Waals surface area contributed by atoms with Gasteiger partial charge in [-0.25, -0.2) is 0 Å². The molecule has 144 valence electrons. The van der Waals surface area contributed by atoms with E-state index in [2.05, 4.69) is 33.8 Å². The Labute approximate surface area is 168 Å². The molecule has 29 heavy (non-hydrogen) atoms. The van der Waals surface area contributed by atoms with Crippen LogP contribution in [0.5, 0.6) is 0 Å². The molecule has 4 aromatic rings. The van der Waals surface area contributed by atoms with Crippen molar-refractivity contribution < 1.29 is 9.59 Å². The van der Waals surface area contributed by atoms with E-state index in [-0.39, 0.29) is 18.2 Å². The van der Waals surface area contributed by atoms with Crippen LogP contribution in [0.3, 0.4) is 0 Å². The predicted octanol–water partition coefficient (Wildman–Crippen LogP) is 4.38. The Kier molecular flexibility index (Phi) is 5.12. The second kappa shape index (κ2) is 8.02. The lowest BCUT2D eigenvalue weighted by Gasteiger charge is -2.09. The van der Waals surface area contributed by atoms with Gasteiger partial charge in [-0.3, -0.25) is 9.59 Å². The van der Waals surface area contributed by atoms with Crippen molar-refractivity contribution in [2.24, 2.45) is 0 Å². The number of nitrogens with one attached hydrogen (secondary N) is 3. The Morgan fingerprint density at radius 1 is 0.897 bits per heavy atom. The molecular formula is C24H21N3O2. The lowest BCUT2D eigenvalue weighted by Crippen LogP contribution is -2.20. The van der Waals surface area contributed by atoms with Crippen LogP contribution < -0.4 is 10.6 Å². The molecule has 3 aromatic carbocycles. The summed E-state index contributed by atoms with van der Waals surface area (Å²) >= 11 is 0. The molecule has 3 N–H and O–H groups in total. The SMILES string of the molecule is CNC(=O)Cc1cccc(NC(=O)c2cccc(-c3ccc4cc[nH]c4c3)c2)c1. The quantitative estimate of drug-likeness (QED) is 0.479. The first-order chi connectivity index (χ1) is 14.1. The van der Waals surface area contributed by atoms with Crippen molar-refractivity contribution in [3.63, 3.8) is 0 Å². The van der Waals surface area contributed by atoms with Crippen molar-refractivity contribution >= 4 is 28.4 Å². The fourth-order valence-corrected chi connectivity index (χ4v) is 3.30. The van der Waals surface area contributed by atoms with E-state index in [4.69, 9.17) is 0 Å². The first-order valence-corrected chi connectivity index (χ1v) is 9.41. The van der Waals surface area contributed by atoms with Gasteiger partial charge in [-0.2, -0.15) is 0 Å². The third-order valence-corrected chi connectivity index (χ3v) is 4.84. The summed E-state index contributed by atoms with van der Waals surface area (Å²) in [4.78, 5) is 27.5. The molecule has 0 aliphatic rings. The third-order valence-electron chi connectivity index (χ3n) is 4.84. The van der Waals surface area contributed by atoms with E-state index in [1.807, 2.05) is 54.7 Å². The number of fused-ring (bicyclic) bond motifs is 1. The van der Waals surface area contributed by atoms with Crippen LogP contribution in [0.1, 0.15) is 15.9 Å². The molecule has 5 heteroatoms. The zero-order valence-corrected chi connectivity index (χ0v) is 16.0. The molecule has 2 amide bonds. The Bertz CT molecular complexity index is 1190. The smallest absolute Gasteiger partial charge is 0.255 e. The number of likely N-dealkylation sites (N-methyl/N-ethyl adjacent to an activating group) is 1. The van der Waals surface area contributed by atoms with E-state index in [1.165, 1.54) is 0 Å². The fraction of sp³-hybridized carbons (Fsp3) is 0.0833. The first-order valence-electron chi connectivity index (χ1n) is 9.41. The van der Waals surface area contributed by atoms with Gasteiger partial charge >= 0.3 is 0 Å².